The van der Waals surface area contributed by atoms with Crippen molar-refractivity contribution in [2.75, 3.05) is 19.8 Å². The topological polar surface area (TPSA) is 39.1 Å². The summed E-state index contributed by atoms with van der Waals surface area (Å²) in [5.41, 5.74) is 2.51. The zero-order valence-electron chi connectivity index (χ0n) is 11.8. The zero-order valence-corrected chi connectivity index (χ0v) is 11.8. The minimum atomic E-state index is 0.568. The molecule has 0 aromatic carbocycles. The number of ether oxygens (including phenoxy) is 1. The highest BCUT2D eigenvalue weighted by Gasteiger charge is 2.26. The molecule has 2 rings (SSSR count). The van der Waals surface area contributed by atoms with Gasteiger partial charge in [-0.1, -0.05) is 13.8 Å². The number of aromatic nitrogens is 2. The lowest BCUT2D eigenvalue weighted by Crippen LogP contribution is -2.43. The third kappa shape index (κ3) is 3.12. The van der Waals surface area contributed by atoms with Crippen molar-refractivity contribution >= 4 is 0 Å². The van der Waals surface area contributed by atoms with E-state index in [1.807, 2.05) is 11.7 Å². The molecule has 0 spiro atoms. The summed E-state index contributed by atoms with van der Waals surface area (Å²) in [6.45, 7) is 7.11. The fourth-order valence-corrected chi connectivity index (χ4v) is 2.73. The summed E-state index contributed by atoms with van der Waals surface area (Å²) < 4.78 is 7.66. The minimum Gasteiger partial charge on any atom is -0.381 e. The van der Waals surface area contributed by atoms with E-state index in [-0.39, 0.29) is 0 Å². The lowest BCUT2D eigenvalue weighted by molar-refractivity contribution is 0.0320. The minimum absolute atomic E-state index is 0.568. The van der Waals surface area contributed by atoms with Crippen LogP contribution < -0.4 is 5.32 Å². The molecule has 1 aromatic rings. The van der Waals surface area contributed by atoms with E-state index in [1.54, 1.807) is 0 Å². The molecule has 2 atom stereocenters. The van der Waals surface area contributed by atoms with Crippen molar-refractivity contribution in [3.63, 3.8) is 0 Å². The maximum atomic E-state index is 5.63. The van der Waals surface area contributed by atoms with Gasteiger partial charge in [0.2, 0.25) is 0 Å². The van der Waals surface area contributed by atoms with Crippen molar-refractivity contribution in [2.45, 2.75) is 39.2 Å². The second-order valence-electron chi connectivity index (χ2n) is 5.10. The van der Waals surface area contributed by atoms with Crippen LogP contribution in [-0.4, -0.2) is 35.6 Å². The highest BCUT2D eigenvalue weighted by atomic mass is 16.5. The van der Waals surface area contributed by atoms with Crippen molar-refractivity contribution in [1.29, 1.82) is 0 Å². The van der Waals surface area contributed by atoms with Gasteiger partial charge in [0.25, 0.3) is 0 Å². The van der Waals surface area contributed by atoms with Crippen LogP contribution in [0.15, 0.2) is 6.07 Å². The van der Waals surface area contributed by atoms with Crippen LogP contribution >= 0.6 is 0 Å². The van der Waals surface area contributed by atoms with Crippen LogP contribution in [0.2, 0.25) is 0 Å². The van der Waals surface area contributed by atoms with E-state index in [1.165, 1.54) is 11.4 Å². The lowest BCUT2D eigenvalue weighted by Gasteiger charge is -2.32. The number of nitrogens with zero attached hydrogens (tertiary/aromatic N) is 2. The van der Waals surface area contributed by atoms with Gasteiger partial charge in [-0.15, -0.1) is 0 Å². The molecule has 0 aliphatic carbocycles. The van der Waals surface area contributed by atoms with Crippen molar-refractivity contribution in [2.24, 2.45) is 13.0 Å². The standard InChI is InChI=1S/C14H25N3O/c1-4-12-9-13(17(3)16-12)8-11-10-18-7-6-14(11)15-5-2/h9,11,14-15H,4-8,10H2,1-3H3. The predicted molar refractivity (Wildman–Crippen MR) is 72.7 cm³/mol. The van der Waals surface area contributed by atoms with Gasteiger partial charge in [-0.3, -0.25) is 4.68 Å². The van der Waals surface area contributed by atoms with Gasteiger partial charge in [-0.25, -0.2) is 0 Å². The van der Waals surface area contributed by atoms with E-state index in [9.17, 15) is 0 Å². The van der Waals surface area contributed by atoms with Gasteiger partial charge in [0.1, 0.15) is 0 Å². The molecule has 1 fully saturated rings. The number of rotatable bonds is 5. The molecule has 1 N–H and O–H groups in total. The average Bonchev–Trinajstić information content (AvgIpc) is 2.73. The predicted octanol–water partition coefficient (Wildman–Crippen LogP) is 1.54. The van der Waals surface area contributed by atoms with Crippen LogP contribution in [0, 0.1) is 5.92 Å². The second-order valence-corrected chi connectivity index (χ2v) is 5.10. The first-order valence-corrected chi connectivity index (χ1v) is 7.07. The Kier molecular flexibility index (Phi) is 4.78. The summed E-state index contributed by atoms with van der Waals surface area (Å²) in [5.74, 6) is 0.568. The van der Waals surface area contributed by atoms with Gasteiger partial charge in [0.15, 0.2) is 0 Å². The normalized spacial score (nSPS) is 24.4. The summed E-state index contributed by atoms with van der Waals surface area (Å²) in [7, 11) is 2.04. The van der Waals surface area contributed by atoms with Gasteiger partial charge < -0.3 is 10.1 Å². The molecule has 1 aliphatic heterocycles. The zero-order chi connectivity index (χ0) is 13.0. The molecular formula is C14H25N3O. The number of aryl methyl sites for hydroxylation is 2. The first kappa shape index (κ1) is 13.6. The molecule has 0 radical (unpaired) electrons. The highest BCUT2D eigenvalue weighted by Crippen LogP contribution is 2.20. The molecule has 2 unspecified atom stereocenters. The smallest absolute Gasteiger partial charge is 0.0624 e. The van der Waals surface area contributed by atoms with Crippen LogP contribution in [0.25, 0.3) is 0 Å². The number of hydrogen-bond donors (Lipinski definition) is 1. The average molecular weight is 251 g/mol. The van der Waals surface area contributed by atoms with E-state index in [0.717, 1.165) is 39.0 Å². The Balaban J connectivity index is 2.03. The summed E-state index contributed by atoms with van der Waals surface area (Å²) in [5, 5.41) is 8.11. The fraction of sp³-hybridized carbons (Fsp3) is 0.786. The SMILES string of the molecule is CCNC1CCOCC1Cc1cc(CC)nn1C. The first-order valence-electron chi connectivity index (χ1n) is 7.07. The maximum Gasteiger partial charge on any atom is 0.0624 e. The van der Waals surface area contributed by atoms with Gasteiger partial charge in [0.05, 0.1) is 12.3 Å². The Morgan fingerprint density at radius 1 is 1.50 bits per heavy atom. The molecule has 2 heterocycles. The molecule has 4 heteroatoms. The Morgan fingerprint density at radius 3 is 3.00 bits per heavy atom. The Bertz CT molecular complexity index is 373. The molecule has 1 saturated heterocycles. The van der Waals surface area contributed by atoms with E-state index in [0.29, 0.717) is 12.0 Å². The molecule has 0 amide bonds. The van der Waals surface area contributed by atoms with Gasteiger partial charge >= 0.3 is 0 Å². The summed E-state index contributed by atoms with van der Waals surface area (Å²) in [4.78, 5) is 0. The van der Waals surface area contributed by atoms with Crippen LogP contribution in [0.1, 0.15) is 31.7 Å². The Morgan fingerprint density at radius 2 is 2.33 bits per heavy atom. The summed E-state index contributed by atoms with van der Waals surface area (Å²) in [6, 6.07) is 2.82. The van der Waals surface area contributed by atoms with Crippen molar-refractivity contribution in [3.05, 3.63) is 17.5 Å². The summed E-state index contributed by atoms with van der Waals surface area (Å²) >= 11 is 0. The van der Waals surface area contributed by atoms with Gasteiger partial charge in [0, 0.05) is 31.3 Å². The van der Waals surface area contributed by atoms with E-state index < -0.39 is 0 Å². The van der Waals surface area contributed by atoms with Crippen molar-refractivity contribution in [3.8, 4) is 0 Å². The fourth-order valence-electron chi connectivity index (χ4n) is 2.73. The Labute approximate surface area is 110 Å². The lowest BCUT2D eigenvalue weighted by atomic mass is 9.91. The maximum absolute atomic E-state index is 5.63. The van der Waals surface area contributed by atoms with Crippen LogP contribution in [0.5, 0.6) is 0 Å². The molecule has 1 aromatic heterocycles. The van der Waals surface area contributed by atoms with E-state index >= 15 is 0 Å². The molecule has 18 heavy (non-hydrogen) atoms. The number of hydrogen-bond acceptors (Lipinski definition) is 3. The van der Waals surface area contributed by atoms with Gasteiger partial charge in [-0.05, 0) is 31.9 Å². The molecule has 0 bridgehead atoms. The van der Waals surface area contributed by atoms with E-state index in [4.69, 9.17) is 4.74 Å². The van der Waals surface area contributed by atoms with Crippen molar-refractivity contribution < 1.29 is 4.74 Å². The highest BCUT2D eigenvalue weighted by molar-refractivity contribution is 5.11. The van der Waals surface area contributed by atoms with E-state index in [2.05, 4.69) is 30.3 Å². The third-order valence-corrected chi connectivity index (χ3v) is 3.80. The Hall–Kier alpha value is -0.870. The monoisotopic (exact) mass is 251 g/mol. The second kappa shape index (κ2) is 6.34. The molecule has 102 valence electrons. The van der Waals surface area contributed by atoms with Crippen molar-refractivity contribution in [1.82, 2.24) is 15.1 Å². The van der Waals surface area contributed by atoms with Crippen LogP contribution in [0.4, 0.5) is 0 Å². The summed E-state index contributed by atoms with van der Waals surface area (Å²) in [6.07, 6.45) is 3.18. The molecule has 1 aliphatic rings. The molecular weight excluding hydrogens is 226 g/mol. The quantitative estimate of drug-likeness (QED) is 0.863. The first-order chi connectivity index (χ1) is 8.74. The molecule has 4 nitrogen and oxygen atoms in total. The van der Waals surface area contributed by atoms with Gasteiger partial charge in [-0.2, -0.15) is 5.10 Å². The number of nitrogens with one attached hydrogen (secondary N) is 1. The molecule has 0 saturated carbocycles. The van der Waals surface area contributed by atoms with Crippen LogP contribution in [0.3, 0.4) is 0 Å². The third-order valence-electron chi connectivity index (χ3n) is 3.80. The largest absolute Gasteiger partial charge is 0.381 e. The van der Waals surface area contributed by atoms with Crippen LogP contribution in [-0.2, 0) is 24.6 Å².